The van der Waals surface area contributed by atoms with Gasteiger partial charge in [0, 0.05) is 12.4 Å². The van der Waals surface area contributed by atoms with E-state index < -0.39 is 6.03 Å². The van der Waals surface area contributed by atoms with E-state index in [9.17, 15) is 4.79 Å². The zero-order valence-corrected chi connectivity index (χ0v) is 7.79. The Bertz CT molecular complexity index is 464. The van der Waals surface area contributed by atoms with Crippen molar-refractivity contribution in [1.29, 1.82) is 0 Å². The van der Waals surface area contributed by atoms with E-state index in [-0.39, 0.29) is 0 Å². The molecule has 5 heteroatoms. The highest BCUT2D eigenvalue weighted by Crippen LogP contribution is 2.19. The monoisotopic (exact) mass is 200 g/mol. The SMILES string of the molecule is [NH]C(=O)[N]c1ccccc1-n1ccnc1. The topological polar surface area (TPSA) is 72.8 Å². The van der Waals surface area contributed by atoms with Crippen LogP contribution in [0.3, 0.4) is 0 Å². The number of rotatable bonds is 2. The van der Waals surface area contributed by atoms with Gasteiger partial charge in [-0.25, -0.2) is 15.5 Å². The minimum Gasteiger partial charge on any atom is -0.304 e. The molecule has 15 heavy (non-hydrogen) atoms. The Hall–Kier alpha value is -2.30. The molecule has 2 amide bonds. The maximum Gasteiger partial charge on any atom is 0.360 e. The van der Waals surface area contributed by atoms with Crippen molar-refractivity contribution in [2.45, 2.75) is 0 Å². The molecule has 1 aromatic heterocycles. The average Bonchev–Trinajstić information content (AvgIpc) is 2.70. The maximum absolute atomic E-state index is 10.6. The third-order valence-corrected chi connectivity index (χ3v) is 1.89. The first-order valence-electron chi connectivity index (χ1n) is 4.32. The first-order valence-corrected chi connectivity index (χ1v) is 4.32. The predicted octanol–water partition coefficient (Wildman–Crippen LogP) is 1.51. The van der Waals surface area contributed by atoms with E-state index in [1.54, 1.807) is 35.4 Å². The fourth-order valence-electron chi connectivity index (χ4n) is 1.29. The molecule has 0 atom stereocenters. The Kier molecular flexibility index (Phi) is 2.37. The summed E-state index contributed by atoms with van der Waals surface area (Å²) < 4.78 is 1.74. The summed E-state index contributed by atoms with van der Waals surface area (Å²) in [6.07, 6.45) is 5.00. The van der Waals surface area contributed by atoms with Crippen LogP contribution in [0.5, 0.6) is 0 Å². The molecule has 74 valence electrons. The summed E-state index contributed by atoms with van der Waals surface area (Å²) in [6, 6.07) is 6.14. The quantitative estimate of drug-likeness (QED) is 0.736. The molecule has 0 bridgehead atoms. The van der Waals surface area contributed by atoms with E-state index in [1.807, 2.05) is 12.1 Å². The van der Waals surface area contributed by atoms with Gasteiger partial charge in [-0.1, -0.05) is 12.1 Å². The first-order chi connectivity index (χ1) is 7.27. The molecule has 0 saturated carbocycles. The summed E-state index contributed by atoms with van der Waals surface area (Å²) in [7, 11) is 0. The van der Waals surface area contributed by atoms with Crippen LogP contribution in [-0.4, -0.2) is 15.6 Å². The van der Waals surface area contributed by atoms with Crippen LogP contribution in [0, 0.1) is 0 Å². The number of nitrogens with zero attached hydrogens (tertiary/aromatic N) is 3. The lowest BCUT2D eigenvalue weighted by Gasteiger charge is -2.06. The van der Waals surface area contributed by atoms with Gasteiger partial charge in [0.1, 0.15) is 0 Å². The van der Waals surface area contributed by atoms with Crippen molar-refractivity contribution < 1.29 is 4.79 Å². The summed E-state index contributed by atoms with van der Waals surface area (Å²) in [6.45, 7) is 0. The Balaban J connectivity index is 2.42. The number of nitrogens with one attached hydrogen (secondary N) is 1. The van der Waals surface area contributed by atoms with Crippen molar-refractivity contribution in [1.82, 2.24) is 20.6 Å². The van der Waals surface area contributed by atoms with Gasteiger partial charge in [-0.2, -0.15) is 5.32 Å². The molecule has 0 saturated heterocycles. The van der Waals surface area contributed by atoms with E-state index in [1.165, 1.54) is 0 Å². The number of hydrogen-bond acceptors (Lipinski definition) is 2. The van der Waals surface area contributed by atoms with Crippen molar-refractivity contribution in [3.05, 3.63) is 43.0 Å². The van der Waals surface area contributed by atoms with E-state index >= 15 is 0 Å². The number of para-hydroxylation sites is 2. The second-order valence-corrected chi connectivity index (χ2v) is 2.88. The van der Waals surface area contributed by atoms with Gasteiger partial charge in [-0.15, -0.1) is 0 Å². The maximum atomic E-state index is 10.6. The lowest BCUT2D eigenvalue weighted by molar-refractivity contribution is 0.250. The minimum absolute atomic E-state index is 0.468. The van der Waals surface area contributed by atoms with Crippen LogP contribution >= 0.6 is 0 Å². The molecule has 0 spiro atoms. The molecule has 1 N–H and O–H groups in total. The summed E-state index contributed by atoms with van der Waals surface area (Å²) >= 11 is 0. The van der Waals surface area contributed by atoms with Crippen molar-refractivity contribution in [3.8, 4) is 5.69 Å². The summed E-state index contributed by atoms with van der Waals surface area (Å²) in [5, 5.41) is 3.59. The Labute approximate surface area is 86.5 Å². The molecule has 0 aliphatic heterocycles. The molecule has 1 aromatic carbocycles. The normalized spacial score (nSPS) is 9.87. The van der Waals surface area contributed by atoms with E-state index in [4.69, 9.17) is 5.73 Å². The van der Waals surface area contributed by atoms with Gasteiger partial charge in [-0.3, -0.25) is 0 Å². The Morgan fingerprint density at radius 3 is 2.87 bits per heavy atom. The van der Waals surface area contributed by atoms with E-state index in [0.717, 1.165) is 5.69 Å². The molecule has 2 radical (unpaired) electrons. The van der Waals surface area contributed by atoms with Crippen molar-refractivity contribution >= 4 is 11.7 Å². The summed E-state index contributed by atoms with van der Waals surface area (Å²) in [4.78, 5) is 14.5. The van der Waals surface area contributed by atoms with Gasteiger partial charge in [0.15, 0.2) is 0 Å². The zero-order valence-electron chi connectivity index (χ0n) is 7.79. The molecule has 5 nitrogen and oxygen atoms in total. The number of hydrogen-bond donors (Lipinski definition) is 0. The average molecular weight is 200 g/mol. The third-order valence-electron chi connectivity index (χ3n) is 1.89. The van der Waals surface area contributed by atoms with Crippen LogP contribution < -0.4 is 11.1 Å². The summed E-state index contributed by atoms with van der Waals surface area (Å²) in [5.74, 6) is 0. The van der Waals surface area contributed by atoms with E-state index in [2.05, 4.69) is 10.3 Å². The molecule has 2 aromatic rings. The molecule has 2 rings (SSSR count). The number of aromatic nitrogens is 2. The fraction of sp³-hybridized carbons (Fsp3) is 0. The predicted molar refractivity (Wildman–Crippen MR) is 53.9 cm³/mol. The van der Waals surface area contributed by atoms with Gasteiger partial charge >= 0.3 is 6.03 Å². The number of benzene rings is 1. The molecule has 0 fully saturated rings. The highest BCUT2D eigenvalue weighted by Gasteiger charge is 2.06. The van der Waals surface area contributed by atoms with Crippen LogP contribution in [0.2, 0.25) is 0 Å². The molecular formula is C10H8N4O. The van der Waals surface area contributed by atoms with Crippen molar-refractivity contribution in [2.24, 2.45) is 0 Å². The zero-order chi connectivity index (χ0) is 10.7. The highest BCUT2D eigenvalue weighted by atomic mass is 16.2. The van der Waals surface area contributed by atoms with Gasteiger partial charge < -0.3 is 4.57 Å². The molecule has 0 unspecified atom stereocenters. The number of urea groups is 1. The Morgan fingerprint density at radius 1 is 1.40 bits per heavy atom. The second-order valence-electron chi connectivity index (χ2n) is 2.88. The van der Waals surface area contributed by atoms with Crippen molar-refractivity contribution in [3.63, 3.8) is 0 Å². The number of imidazole rings is 1. The van der Waals surface area contributed by atoms with Gasteiger partial charge in [0.25, 0.3) is 0 Å². The van der Waals surface area contributed by atoms with Crippen molar-refractivity contribution in [2.75, 3.05) is 0 Å². The van der Waals surface area contributed by atoms with Crippen LogP contribution in [0.25, 0.3) is 5.69 Å². The lowest BCUT2D eigenvalue weighted by Crippen LogP contribution is -2.10. The van der Waals surface area contributed by atoms with E-state index in [0.29, 0.717) is 5.69 Å². The minimum atomic E-state index is -0.956. The largest absolute Gasteiger partial charge is 0.360 e. The fourth-order valence-corrected chi connectivity index (χ4v) is 1.29. The van der Waals surface area contributed by atoms with Crippen LogP contribution in [-0.2, 0) is 0 Å². The Morgan fingerprint density at radius 2 is 2.20 bits per heavy atom. The first kappa shape index (κ1) is 9.26. The van der Waals surface area contributed by atoms with Crippen LogP contribution in [0.15, 0.2) is 43.0 Å². The molecular weight excluding hydrogens is 192 g/mol. The highest BCUT2D eigenvalue weighted by molar-refractivity contribution is 5.79. The second kappa shape index (κ2) is 3.83. The standard InChI is InChI=1S/C10H8N4O/c11-10(15)13-8-3-1-2-4-9(8)14-6-5-12-7-14/h1-7,11H. The lowest BCUT2D eigenvalue weighted by atomic mass is 10.2. The van der Waals surface area contributed by atoms with Crippen LogP contribution in [0.1, 0.15) is 0 Å². The molecule has 0 aliphatic carbocycles. The number of carbonyl (C=O) groups excluding carboxylic acids is 1. The number of amides is 2. The van der Waals surface area contributed by atoms with Gasteiger partial charge in [-0.05, 0) is 12.1 Å². The van der Waals surface area contributed by atoms with Gasteiger partial charge in [0.05, 0.1) is 17.7 Å². The van der Waals surface area contributed by atoms with Gasteiger partial charge in [0.2, 0.25) is 0 Å². The molecule has 0 aliphatic rings. The van der Waals surface area contributed by atoms with Crippen LogP contribution in [0.4, 0.5) is 10.5 Å². The third kappa shape index (κ3) is 1.96. The summed E-state index contributed by atoms with van der Waals surface area (Å²) in [5.41, 5.74) is 8.01. The molecule has 1 heterocycles. The smallest absolute Gasteiger partial charge is 0.304 e. The number of carbonyl (C=O) groups is 1.